The molecule has 1 saturated carbocycles. The summed E-state index contributed by atoms with van der Waals surface area (Å²) in [5.74, 6) is -0.131. The first-order chi connectivity index (χ1) is 8.77. The van der Waals surface area contributed by atoms with E-state index in [4.69, 9.17) is 0 Å². The number of hydrogen-bond acceptors (Lipinski definition) is 3. The number of hydrogen-bond donors (Lipinski definition) is 2. The summed E-state index contributed by atoms with van der Waals surface area (Å²) < 4.78 is 0. The number of nitriles is 1. The Morgan fingerprint density at radius 2 is 2.17 bits per heavy atom. The van der Waals surface area contributed by atoms with Crippen LogP contribution >= 0.6 is 0 Å². The van der Waals surface area contributed by atoms with Crippen LogP contribution in [0.1, 0.15) is 44.1 Å². The molecular formula is C13H18N4O. The van der Waals surface area contributed by atoms with Gasteiger partial charge in [-0.15, -0.1) is 0 Å². The highest BCUT2D eigenvalue weighted by atomic mass is 16.2. The average molecular weight is 246 g/mol. The van der Waals surface area contributed by atoms with E-state index in [-0.39, 0.29) is 5.91 Å². The summed E-state index contributed by atoms with van der Waals surface area (Å²) in [5, 5.41) is 18.7. The number of nitrogens with zero attached hydrogens (tertiary/aromatic N) is 2. The van der Waals surface area contributed by atoms with E-state index in [0.29, 0.717) is 19.4 Å². The molecule has 0 spiro atoms. The fraction of sp³-hybridized carbons (Fsp3) is 0.615. The van der Waals surface area contributed by atoms with E-state index in [0.717, 1.165) is 31.2 Å². The summed E-state index contributed by atoms with van der Waals surface area (Å²) >= 11 is 0. The van der Waals surface area contributed by atoms with Crippen molar-refractivity contribution in [3.05, 3.63) is 18.0 Å². The minimum atomic E-state index is -0.819. The number of H-pyrrole nitrogens is 1. The van der Waals surface area contributed by atoms with Crippen LogP contribution in [0.2, 0.25) is 0 Å². The SMILES string of the molecule is N#CC1(C(=O)NCc2cn[nH]c2)CCCCCC1. The lowest BCUT2D eigenvalue weighted by molar-refractivity contribution is -0.129. The van der Waals surface area contributed by atoms with E-state index in [2.05, 4.69) is 21.6 Å². The molecule has 1 aromatic rings. The zero-order chi connectivity index (χ0) is 12.8. The van der Waals surface area contributed by atoms with Crippen LogP contribution in [0.25, 0.3) is 0 Å². The summed E-state index contributed by atoms with van der Waals surface area (Å²) in [5.41, 5.74) is 0.102. The van der Waals surface area contributed by atoms with Crippen molar-refractivity contribution in [2.24, 2.45) is 5.41 Å². The van der Waals surface area contributed by atoms with Crippen LogP contribution in [-0.4, -0.2) is 16.1 Å². The zero-order valence-electron chi connectivity index (χ0n) is 10.4. The number of carbonyl (C=O) groups excluding carboxylic acids is 1. The number of carbonyl (C=O) groups is 1. The second kappa shape index (κ2) is 5.67. The van der Waals surface area contributed by atoms with Crippen LogP contribution in [0.15, 0.2) is 12.4 Å². The maximum absolute atomic E-state index is 12.2. The molecule has 5 heteroatoms. The molecule has 96 valence electrons. The van der Waals surface area contributed by atoms with Crippen LogP contribution in [0.4, 0.5) is 0 Å². The lowest BCUT2D eigenvalue weighted by Crippen LogP contribution is -2.39. The Balaban J connectivity index is 1.98. The monoisotopic (exact) mass is 246 g/mol. The third-order valence-corrected chi connectivity index (χ3v) is 3.61. The Morgan fingerprint density at radius 1 is 1.44 bits per heavy atom. The predicted octanol–water partition coefficient (Wildman–Crippen LogP) is 1.89. The second-order valence-corrected chi connectivity index (χ2v) is 4.90. The van der Waals surface area contributed by atoms with Gasteiger partial charge in [-0.05, 0) is 12.8 Å². The van der Waals surface area contributed by atoms with Gasteiger partial charge in [0.25, 0.3) is 0 Å². The molecule has 1 aliphatic carbocycles. The first-order valence-corrected chi connectivity index (χ1v) is 6.44. The fourth-order valence-corrected chi connectivity index (χ4v) is 2.45. The Morgan fingerprint density at radius 3 is 2.72 bits per heavy atom. The van der Waals surface area contributed by atoms with Gasteiger partial charge >= 0.3 is 0 Å². The van der Waals surface area contributed by atoms with Crippen molar-refractivity contribution in [2.45, 2.75) is 45.1 Å². The van der Waals surface area contributed by atoms with Gasteiger partial charge < -0.3 is 5.32 Å². The molecule has 1 amide bonds. The van der Waals surface area contributed by atoms with Crippen molar-refractivity contribution >= 4 is 5.91 Å². The van der Waals surface area contributed by atoms with Crippen molar-refractivity contribution < 1.29 is 4.79 Å². The number of amides is 1. The lowest BCUT2D eigenvalue weighted by Gasteiger charge is -2.23. The molecule has 0 bridgehead atoms. The predicted molar refractivity (Wildman–Crippen MR) is 66.2 cm³/mol. The largest absolute Gasteiger partial charge is 0.351 e. The van der Waals surface area contributed by atoms with Gasteiger partial charge in [-0.25, -0.2) is 0 Å². The van der Waals surface area contributed by atoms with Gasteiger partial charge in [0.05, 0.1) is 12.3 Å². The topological polar surface area (TPSA) is 81.6 Å². The van der Waals surface area contributed by atoms with E-state index >= 15 is 0 Å². The zero-order valence-corrected chi connectivity index (χ0v) is 10.4. The quantitative estimate of drug-likeness (QED) is 0.799. The van der Waals surface area contributed by atoms with Gasteiger partial charge in [0, 0.05) is 18.3 Å². The summed E-state index contributed by atoms with van der Waals surface area (Å²) in [4.78, 5) is 12.2. The van der Waals surface area contributed by atoms with E-state index in [1.807, 2.05) is 0 Å². The lowest BCUT2D eigenvalue weighted by atomic mass is 9.81. The maximum atomic E-state index is 12.2. The number of nitrogens with one attached hydrogen (secondary N) is 2. The molecule has 2 N–H and O–H groups in total. The van der Waals surface area contributed by atoms with Gasteiger partial charge in [0.15, 0.2) is 0 Å². The molecule has 0 aromatic carbocycles. The number of aromatic nitrogens is 2. The van der Waals surface area contributed by atoms with Crippen molar-refractivity contribution in [2.75, 3.05) is 0 Å². The van der Waals surface area contributed by atoms with Crippen LogP contribution in [0, 0.1) is 16.7 Å². The Hall–Kier alpha value is -1.83. The molecule has 2 rings (SSSR count). The Bertz CT molecular complexity index is 424. The van der Waals surface area contributed by atoms with Crippen LogP contribution in [-0.2, 0) is 11.3 Å². The van der Waals surface area contributed by atoms with Gasteiger partial charge in [-0.3, -0.25) is 9.89 Å². The van der Waals surface area contributed by atoms with Gasteiger partial charge in [0.1, 0.15) is 5.41 Å². The van der Waals surface area contributed by atoms with Gasteiger partial charge in [0.2, 0.25) is 5.91 Å². The molecule has 0 atom stereocenters. The van der Waals surface area contributed by atoms with Crippen LogP contribution < -0.4 is 5.32 Å². The molecule has 0 aliphatic heterocycles. The first-order valence-electron chi connectivity index (χ1n) is 6.44. The highest BCUT2D eigenvalue weighted by molar-refractivity contribution is 5.85. The highest BCUT2D eigenvalue weighted by Gasteiger charge is 2.38. The summed E-state index contributed by atoms with van der Waals surface area (Å²) in [6.07, 6.45) is 8.95. The minimum absolute atomic E-state index is 0.131. The number of aromatic amines is 1. The molecule has 0 radical (unpaired) electrons. The highest BCUT2D eigenvalue weighted by Crippen LogP contribution is 2.34. The van der Waals surface area contributed by atoms with E-state index in [1.165, 1.54) is 0 Å². The molecule has 5 nitrogen and oxygen atoms in total. The van der Waals surface area contributed by atoms with Crippen molar-refractivity contribution in [1.82, 2.24) is 15.5 Å². The van der Waals surface area contributed by atoms with E-state index in [1.54, 1.807) is 12.4 Å². The molecule has 1 fully saturated rings. The fourth-order valence-electron chi connectivity index (χ4n) is 2.45. The number of rotatable bonds is 3. The van der Waals surface area contributed by atoms with E-state index < -0.39 is 5.41 Å². The Kier molecular flexibility index (Phi) is 3.98. The molecule has 1 aromatic heterocycles. The molecule has 0 saturated heterocycles. The summed E-state index contributed by atoms with van der Waals surface area (Å²) in [7, 11) is 0. The van der Waals surface area contributed by atoms with Crippen molar-refractivity contribution in [3.63, 3.8) is 0 Å². The molecule has 1 aliphatic rings. The third kappa shape index (κ3) is 2.70. The molecular weight excluding hydrogens is 228 g/mol. The maximum Gasteiger partial charge on any atom is 0.240 e. The Labute approximate surface area is 107 Å². The minimum Gasteiger partial charge on any atom is -0.351 e. The normalized spacial score (nSPS) is 18.6. The second-order valence-electron chi connectivity index (χ2n) is 4.90. The summed E-state index contributed by atoms with van der Waals surface area (Å²) in [6, 6.07) is 2.25. The average Bonchev–Trinajstić information content (AvgIpc) is 2.79. The smallest absolute Gasteiger partial charge is 0.240 e. The van der Waals surface area contributed by atoms with E-state index in [9.17, 15) is 10.1 Å². The van der Waals surface area contributed by atoms with Crippen molar-refractivity contribution in [1.29, 1.82) is 5.26 Å². The summed E-state index contributed by atoms with van der Waals surface area (Å²) in [6.45, 7) is 0.429. The van der Waals surface area contributed by atoms with Crippen molar-refractivity contribution in [3.8, 4) is 6.07 Å². The molecule has 18 heavy (non-hydrogen) atoms. The molecule has 1 heterocycles. The third-order valence-electron chi connectivity index (χ3n) is 3.61. The first kappa shape index (κ1) is 12.6. The standard InChI is InChI=1S/C13H18N4O/c14-10-13(5-3-1-2-4-6-13)12(18)15-7-11-8-16-17-9-11/h8-9H,1-7H2,(H,15,18)(H,16,17). The van der Waals surface area contributed by atoms with Crippen LogP contribution in [0.3, 0.4) is 0 Å². The van der Waals surface area contributed by atoms with Gasteiger partial charge in [-0.1, -0.05) is 25.7 Å². The molecule has 0 unspecified atom stereocenters. The van der Waals surface area contributed by atoms with Crippen LogP contribution in [0.5, 0.6) is 0 Å². The van der Waals surface area contributed by atoms with Gasteiger partial charge in [-0.2, -0.15) is 10.4 Å².